The normalized spacial score (nSPS) is 12.4. The van der Waals surface area contributed by atoms with E-state index in [1.807, 2.05) is 35.9 Å². The van der Waals surface area contributed by atoms with Crippen molar-refractivity contribution >= 4 is 27.5 Å². The van der Waals surface area contributed by atoms with E-state index in [9.17, 15) is 0 Å². The van der Waals surface area contributed by atoms with Crippen molar-refractivity contribution < 1.29 is 4.74 Å². The molecule has 21 heavy (non-hydrogen) atoms. The molecule has 0 spiro atoms. The molecule has 1 atom stereocenters. The van der Waals surface area contributed by atoms with Gasteiger partial charge in [-0.1, -0.05) is 22.9 Å². The molecule has 114 valence electrons. The lowest BCUT2D eigenvalue weighted by molar-refractivity contribution is 0.289. The Labute approximate surface area is 139 Å². The quantitative estimate of drug-likeness (QED) is 0.666. The Morgan fingerprint density at radius 2 is 1.95 bits per heavy atom. The smallest absolute Gasteiger partial charge is 0.119 e. The first-order valence-corrected chi connectivity index (χ1v) is 8.32. The molecule has 2 aromatic rings. The van der Waals surface area contributed by atoms with Gasteiger partial charge in [-0.3, -0.25) is 4.68 Å². The maximum Gasteiger partial charge on any atom is 0.119 e. The number of halogens is 2. The van der Waals surface area contributed by atoms with E-state index < -0.39 is 0 Å². The molecule has 0 bridgehead atoms. The van der Waals surface area contributed by atoms with E-state index in [4.69, 9.17) is 16.3 Å². The molecule has 1 heterocycles. The van der Waals surface area contributed by atoms with Gasteiger partial charge >= 0.3 is 0 Å². The van der Waals surface area contributed by atoms with Crippen LogP contribution in [0.2, 0.25) is 0 Å². The third-order valence-corrected chi connectivity index (χ3v) is 4.55. The average molecular weight is 372 g/mol. The molecule has 0 aliphatic rings. The highest BCUT2D eigenvalue weighted by Gasteiger charge is 2.17. The number of aromatic nitrogens is 2. The lowest BCUT2D eigenvalue weighted by atomic mass is 10.1. The Balaban J connectivity index is 1.99. The molecule has 0 radical (unpaired) electrons. The summed E-state index contributed by atoms with van der Waals surface area (Å²) in [5.74, 6) is 0.865. The summed E-state index contributed by atoms with van der Waals surface area (Å²) >= 11 is 9.78. The van der Waals surface area contributed by atoms with Gasteiger partial charge in [0, 0.05) is 15.7 Å². The number of aryl methyl sites for hydroxylation is 1. The number of ether oxygens (including phenoxy) is 1. The molecule has 0 amide bonds. The summed E-state index contributed by atoms with van der Waals surface area (Å²) < 4.78 is 8.77. The zero-order chi connectivity index (χ0) is 15.4. The molecule has 0 aliphatic heterocycles. The summed E-state index contributed by atoms with van der Waals surface area (Å²) in [6.45, 7) is 7.47. The summed E-state index contributed by atoms with van der Waals surface area (Å²) in [5, 5.41) is 4.60. The maximum atomic E-state index is 6.37. The van der Waals surface area contributed by atoms with E-state index in [0.29, 0.717) is 6.61 Å². The topological polar surface area (TPSA) is 27.1 Å². The van der Waals surface area contributed by atoms with Crippen molar-refractivity contribution in [2.75, 3.05) is 6.61 Å². The van der Waals surface area contributed by atoms with Crippen LogP contribution in [-0.4, -0.2) is 16.4 Å². The zero-order valence-corrected chi connectivity index (χ0v) is 14.9. The number of hydrogen-bond acceptors (Lipinski definition) is 2. The van der Waals surface area contributed by atoms with Crippen LogP contribution in [-0.2, 0) is 6.54 Å². The second-order valence-electron chi connectivity index (χ2n) is 4.99. The van der Waals surface area contributed by atoms with Gasteiger partial charge in [-0.2, -0.15) is 5.10 Å². The van der Waals surface area contributed by atoms with Crippen molar-refractivity contribution in [3.63, 3.8) is 0 Å². The monoisotopic (exact) mass is 370 g/mol. The van der Waals surface area contributed by atoms with Crippen LogP contribution in [0.1, 0.15) is 35.7 Å². The number of alkyl halides is 1. The standard InChI is InChI=1S/C16H20BrClN2O/c1-4-15(18)16-11(2)19-20(12(16)3)9-10-21-14-7-5-13(17)6-8-14/h5-8,15H,4,9-10H2,1-3H3. The second-order valence-corrected chi connectivity index (χ2v) is 6.43. The molecule has 3 nitrogen and oxygen atoms in total. The van der Waals surface area contributed by atoms with Gasteiger partial charge < -0.3 is 4.74 Å². The summed E-state index contributed by atoms with van der Waals surface area (Å²) in [4.78, 5) is 0. The Morgan fingerprint density at radius 3 is 2.57 bits per heavy atom. The summed E-state index contributed by atoms with van der Waals surface area (Å²) in [5.41, 5.74) is 3.30. The summed E-state index contributed by atoms with van der Waals surface area (Å²) in [7, 11) is 0. The second kappa shape index (κ2) is 7.32. The first-order valence-electron chi connectivity index (χ1n) is 7.09. The van der Waals surface area contributed by atoms with Gasteiger partial charge in [0.1, 0.15) is 12.4 Å². The first-order chi connectivity index (χ1) is 10.0. The third kappa shape index (κ3) is 4.01. The van der Waals surface area contributed by atoms with Gasteiger partial charge in [0.2, 0.25) is 0 Å². The molecule has 1 unspecified atom stereocenters. The van der Waals surface area contributed by atoms with Crippen LogP contribution >= 0.6 is 27.5 Å². The van der Waals surface area contributed by atoms with E-state index in [2.05, 4.69) is 34.9 Å². The largest absolute Gasteiger partial charge is 0.492 e. The molecule has 2 rings (SSSR count). The number of benzene rings is 1. The fraction of sp³-hybridized carbons (Fsp3) is 0.438. The van der Waals surface area contributed by atoms with E-state index in [-0.39, 0.29) is 5.38 Å². The van der Waals surface area contributed by atoms with Crippen LogP contribution in [0.15, 0.2) is 28.7 Å². The molecule has 0 fully saturated rings. The van der Waals surface area contributed by atoms with Crippen LogP contribution < -0.4 is 4.74 Å². The van der Waals surface area contributed by atoms with Crippen molar-refractivity contribution in [2.24, 2.45) is 0 Å². The molecule has 5 heteroatoms. The summed E-state index contributed by atoms with van der Waals surface area (Å²) in [6, 6.07) is 7.83. The van der Waals surface area contributed by atoms with Crippen LogP contribution in [0, 0.1) is 13.8 Å². The average Bonchev–Trinajstić information content (AvgIpc) is 2.75. The molecule has 1 aromatic carbocycles. The minimum Gasteiger partial charge on any atom is -0.492 e. The van der Waals surface area contributed by atoms with Gasteiger partial charge in [0.15, 0.2) is 0 Å². The SMILES string of the molecule is CCC(Cl)c1c(C)nn(CCOc2ccc(Br)cc2)c1C. The molecule has 0 saturated carbocycles. The van der Waals surface area contributed by atoms with Crippen molar-refractivity contribution in [3.05, 3.63) is 45.7 Å². The third-order valence-electron chi connectivity index (χ3n) is 3.49. The summed E-state index contributed by atoms with van der Waals surface area (Å²) in [6.07, 6.45) is 0.907. The van der Waals surface area contributed by atoms with Crippen LogP contribution in [0.25, 0.3) is 0 Å². The highest BCUT2D eigenvalue weighted by atomic mass is 79.9. The lowest BCUT2D eigenvalue weighted by Crippen LogP contribution is -2.11. The number of rotatable bonds is 6. The predicted octanol–water partition coefficient (Wildman–Crippen LogP) is 5.03. The fourth-order valence-electron chi connectivity index (χ4n) is 2.37. The zero-order valence-electron chi connectivity index (χ0n) is 12.6. The van der Waals surface area contributed by atoms with Gasteiger partial charge in [0.05, 0.1) is 17.6 Å². The minimum atomic E-state index is 0.0335. The maximum absolute atomic E-state index is 6.37. The van der Waals surface area contributed by atoms with Crippen molar-refractivity contribution in [3.8, 4) is 5.75 Å². The molecular formula is C16H20BrClN2O. The number of hydrogen-bond donors (Lipinski definition) is 0. The number of nitrogens with zero attached hydrogens (tertiary/aromatic N) is 2. The van der Waals surface area contributed by atoms with Gasteiger partial charge in [0.25, 0.3) is 0 Å². The molecule has 0 N–H and O–H groups in total. The molecular weight excluding hydrogens is 352 g/mol. The Kier molecular flexibility index (Phi) is 5.71. The Morgan fingerprint density at radius 1 is 1.29 bits per heavy atom. The van der Waals surface area contributed by atoms with Gasteiger partial charge in [-0.05, 0) is 44.5 Å². The highest BCUT2D eigenvalue weighted by molar-refractivity contribution is 9.10. The van der Waals surface area contributed by atoms with Crippen molar-refractivity contribution in [2.45, 2.75) is 39.1 Å². The lowest BCUT2D eigenvalue weighted by Gasteiger charge is -2.09. The molecule has 0 aliphatic carbocycles. The van der Waals surface area contributed by atoms with Gasteiger partial charge in [-0.25, -0.2) is 0 Å². The van der Waals surface area contributed by atoms with E-state index in [1.165, 1.54) is 0 Å². The Bertz CT molecular complexity index is 595. The minimum absolute atomic E-state index is 0.0335. The van der Waals surface area contributed by atoms with Crippen molar-refractivity contribution in [1.82, 2.24) is 9.78 Å². The molecule has 1 aromatic heterocycles. The van der Waals surface area contributed by atoms with Crippen LogP contribution in [0.5, 0.6) is 5.75 Å². The Hall–Kier alpha value is -1.00. The fourth-order valence-corrected chi connectivity index (χ4v) is 2.95. The van der Waals surface area contributed by atoms with E-state index in [1.54, 1.807) is 0 Å². The van der Waals surface area contributed by atoms with E-state index >= 15 is 0 Å². The highest BCUT2D eigenvalue weighted by Crippen LogP contribution is 2.29. The van der Waals surface area contributed by atoms with Crippen LogP contribution in [0.4, 0.5) is 0 Å². The van der Waals surface area contributed by atoms with E-state index in [0.717, 1.165) is 40.1 Å². The van der Waals surface area contributed by atoms with Crippen molar-refractivity contribution in [1.29, 1.82) is 0 Å². The van der Waals surface area contributed by atoms with Crippen LogP contribution in [0.3, 0.4) is 0 Å². The first kappa shape index (κ1) is 16.4. The van der Waals surface area contributed by atoms with Gasteiger partial charge in [-0.15, -0.1) is 11.6 Å². The molecule has 0 saturated heterocycles. The predicted molar refractivity (Wildman–Crippen MR) is 90.2 cm³/mol.